The van der Waals surface area contributed by atoms with Crippen LogP contribution in [0.4, 0.5) is 0 Å². The minimum Gasteiger partial charge on any atom is -0.369 e. The Labute approximate surface area is 185 Å². The number of primary amides is 1. The van der Waals surface area contributed by atoms with Crippen LogP contribution in [0.1, 0.15) is 48.9 Å². The van der Waals surface area contributed by atoms with Crippen LogP contribution in [0.5, 0.6) is 0 Å². The Balaban J connectivity index is 1.56. The highest BCUT2D eigenvalue weighted by Gasteiger charge is 2.42. The topological polar surface area (TPSA) is 46.3 Å². The van der Waals surface area contributed by atoms with Crippen LogP contribution in [-0.4, -0.2) is 23.9 Å². The minimum atomic E-state index is -0.791. The summed E-state index contributed by atoms with van der Waals surface area (Å²) in [5, 5.41) is 0. The molecular formula is C28H32N2O. The van der Waals surface area contributed by atoms with Gasteiger partial charge in [-0.2, -0.15) is 0 Å². The molecular weight excluding hydrogens is 380 g/mol. The number of benzene rings is 3. The second-order valence-electron chi connectivity index (χ2n) is 8.77. The number of amides is 1. The first-order valence-electron chi connectivity index (χ1n) is 11.3. The average molecular weight is 413 g/mol. The fourth-order valence-electron chi connectivity index (χ4n) is 5.15. The van der Waals surface area contributed by atoms with Crippen molar-refractivity contribution in [2.24, 2.45) is 11.7 Å². The van der Waals surface area contributed by atoms with Gasteiger partial charge in [0.1, 0.15) is 0 Å². The molecule has 0 aromatic heterocycles. The van der Waals surface area contributed by atoms with Crippen LogP contribution in [0.2, 0.25) is 0 Å². The van der Waals surface area contributed by atoms with Crippen LogP contribution in [0.3, 0.4) is 0 Å². The normalized spacial score (nSPS) is 16.7. The van der Waals surface area contributed by atoms with Crippen LogP contribution in [0, 0.1) is 5.92 Å². The molecule has 0 bridgehead atoms. The number of carbonyl (C=O) groups excluding carboxylic acids is 1. The standard InChI is InChI=1S/C28H32N2O/c1-22(24-11-5-2-6-12-24)30-19-17-23(18-20-30)21-28(27(29)31,25-13-7-3-8-14-25)26-15-9-4-10-16-26/h2-16,22-23H,17-21H2,1H3,(H2,29,31). The molecule has 1 heterocycles. The molecule has 31 heavy (non-hydrogen) atoms. The maximum Gasteiger partial charge on any atom is 0.232 e. The molecule has 3 aromatic rings. The third-order valence-corrected chi connectivity index (χ3v) is 7.03. The van der Waals surface area contributed by atoms with Gasteiger partial charge in [0, 0.05) is 6.04 Å². The number of carbonyl (C=O) groups is 1. The lowest BCUT2D eigenvalue weighted by atomic mass is 9.67. The number of piperidine rings is 1. The predicted octanol–water partition coefficient (Wildman–Crippen LogP) is 5.32. The quantitative estimate of drug-likeness (QED) is 0.571. The van der Waals surface area contributed by atoms with E-state index in [-0.39, 0.29) is 5.91 Å². The molecule has 3 heteroatoms. The van der Waals surface area contributed by atoms with Crippen LogP contribution in [0.25, 0.3) is 0 Å². The maximum absolute atomic E-state index is 13.1. The van der Waals surface area contributed by atoms with E-state index >= 15 is 0 Å². The SMILES string of the molecule is CC(c1ccccc1)N1CCC(CC(C(N)=O)(c2ccccc2)c2ccccc2)CC1. The van der Waals surface area contributed by atoms with Crippen molar-refractivity contribution in [1.82, 2.24) is 4.90 Å². The number of nitrogens with zero attached hydrogens (tertiary/aromatic N) is 1. The van der Waals surface area contributed by atoms with Gasteiger partial charge < -0.3 is 5.73 Å². The fourth-order valence-corrected chi connectivity index (χ4v) is 5.15. The molecule has 0 aliphatic carbocycles. The number of hydrogen-bond acceptors (Lipinski definition) is 2. The lowest BCUT2D eigenvalue weighted by Crippen LogP contribution is -2.45. The highest BCUT2D eigenvalue weighted by molar-refractivity contribution is 5.90. The molecule has 1 aliphatic rings. The summed E-state index contributed by atoms with van der Waals surface area (Å²) in [6.07, 6.45) is 2.90. The molecule has 1 aliphatic heterocycles. The van der Waals surface area contributed by atoms with Crippen molar-refractivity contribution < 1.29 is 4.79 Å². The zero-order valence-electron chi connectivity index (χ0n) is 18.3. The van der Waals surface area contributed by atoms with E-state index in [0.717, 1.165) is 43.5 Å². The third-order valence-electron chi connectivity index (χ3n) is 7.03. The molecule has 3 nitrogen and oxygen atoms in total. The van der Waals surface area contributed by atoms with Gasteiger partial charge in [-0.05, 0) is 61.9 Å². The Bertz CT molecular complexity index is 924. The van der Waals surface area contributed by atoms with E-state index in [1.165, 1.54) is 5.56 Å². The van der Waals surface area contributed by atoms with Crippen LogP contribution in [-0.2, 0) is 10.2 Å². The molecule has 2 N–H and O–H groups in total. The van der Waals surface area contributed by atoms with Crippen molar-refractivity contribution in [3.63, 3.8) is 0 Å². The van der Waals surface area contributed by atoms with Crippen LogP contribution < -0.4 is 5.73 Å². The molecule has 4 rings (SSSR count). The van der Waals surface area contributed by atoms with Gasteiger partial charge in [-0.15, -0.1) is 0 Å². The summed E-state index contributed by atoms with van der Waals surface area (Å²) in [4.78, 5) is 15.6. The number of nitrogens with two attached hydrogens (primary N) is 1. The van der Waals surface area contributed by atoms with E-state index in [2.05, 4.69) is 42.2 Å². The maximum atomic E-state index is 13.1. The van der Waals surface area contributed by atoms with E-state index in [9.17, 15) is 4.79 Å². The molecule has 1 amide bonds. The fraction of sp³-hybridized carbons (Fsp3) is 0.321. The van der Waals surface area contributed by atoms with E-state index in [0.29, 0.717) is 12.0 Å². The summed E-state index contributed by atoms with van der Waals surface area (Å²) in [5.74, 6) is 0.192. The minimum absolute atomic E-state index is 0.259. The first kappa shape index (κ1) is 21.3. The van der Waals surface area contributed by atoms with Crippen LogP contribution in [0.15, 0.2) is 91.0 Å². The van der Waals surface area contributed by atoms with Gasteiger partial charge in [0.25, 0.3) is 0 Å². The number of hydrogen-bond donors (Lipinski definition) is 1. The summed E-state index contributed by atoms with van der Waals surface area (Å²) in [6, 6.07) is 31.3. The van der Waals surface area contributed by atoms with Gasteiger partial charge in [-0.25, -0.2) is 0 Å². The van der Waals surface area contributed by atoms with Crippen molar-refractivity contribution in [3.05, 3.63) is 108 Å². The van der Waals surface area contributed by atoms with Gasteiger partial charge in [0.2, 0.25) is 5.91 Å². The van der Waals surface area contributed by atoms with Gasteiger partial charge >= 0.3 is 0 Å². The summed E-state index contributed by atoms with van der Waals surface area (Å²) in [7, 11) is 0. The summed E-state index contributed by atoms with van der Waals surface area (Å²) < 4.78 is 0. The Morgan fingerprint density at radius 1 is 0.871 bits per heavy atom. The molecule has 160 valence electrons. The zero-order valence-corrected chi connectivity index (χ0v) is 18.3. The second kappa shape index (κ2) is 9.49. The first-order valence-corrected chi connectivity index (χ1v) is 11.3. The van der Waals surface area contributed by atoms with E-state index in [4.69, 9.17) is 5.73 Å². The van der Waals surface area contributed by atoms with Gasteiger partial charge in [-0.1, -0.05) is 91.0 Å². The van der Waals surface area contributed by atoms with Gasteiger partial charge in [0.15, 0.2) is 0 Å². The van der Waals surface area contributed by atoms with Crippen molar-refractivity contribution in [2.75, 3.05) is 13.1 Å². The largest absolute Gasteiger partial charge is 0.369 e. The third kappa shape index (κ3) is 4.42. The van der Waals surface area contributed by atoms with Crippen molar-refractivity contribution >= 4 is 5.91 Å². The lowest BCUT2D eigenvalue weighted by Gasteiger charge is -2.40. The van der Waals surface area contributed by atoms with Crippen molar-refractivity contribution in [2.45, 2.75) is 37.6 Å². The van der Waals surface area contributed by atoms with Crippen molar-refractivity contribution in [1.29, 1.82) is 0 Å². The van der Waals surface area contributed by atoms with E-state index < -0.39 is 5.41 Å². The van der Waals surface area contributed by atoms with Gasteiger partial charge in [-0.3, -0.25) is 9.69 Å². The van der Waals surface area contributed by atoms with Gasteiger partial charge in [0.05, 0.1) is 5.41 Å². The molecule has 1 saturated heterocycles. The van der Waals surface area contributed by atoms with Crippen LogP contribution >= 0.6 is 0 Å². The lowest BCUT2D eigenvalue weighted by molar-refractivity contribution is -0.122. The smallest absolute Gasteiger partial charge is 0.232 e. The predicted molar refractivity (Wildman–Crippen MR) is 127 cm³/mol. The molecule has 3 aromatic carbocycles. The highest BCUT2D eigenvalue weighted by Crippen LogP contribution is 2.41. The average Bonchev–Trinajstić information content (AvgIpc) is 2.84. The molecule has 1 atom stereocenters. The highest BCUT2D eigenvalue weighted by atomic mass is 16.1. The molecule has 0 radical (unpaired) electrons. The molecule has 0 spiro atoms. The number of rotatable bonds is 7. The Morgan fingerprint density at radius 3 is 1.77 bits per heavy atom. The number of likely N-dealkylation sites (tertiary alicyclic amines) is 1. The summed E-state index contributed by atoms with van der Waals surface area (Å²) >= 11 is 0. The molecule has 1 fully saturated rings. The second-order valence-corrected chi connectivity index (χ2v) is 8.77. The van der Waals surface area contributed by atoms with Crippen molar-refractivity contribution in [3.8, 4) is 0 Å². The Kier molecular flexibility index (Phi) is 6.53. The molecule has 1 unspecified atom stereocenters. The van der Waals surface area contributed by atoms with E-state index in [1.54, 1.807) is 0 Å². The van der Waals surface area contributed by atoms with E-state index in [1.807, 2.05) is 60.7 Å². The first-order chi connectivity index (χ1) is 15.1. The Hall–Kier alpha value is -2.91. The monoisotopic (exact) mass is 412 g/mol. The molecule has 0 saturated carbocycles. The Morgan fingerprint density at radius 2 is 1.32 bits per heavy atom. The zero-order chi connectivity index (χ0) is 21.7. The summed E-state index contributed by atoms with van der Waals surface area (Å²) in [6.45, 7) is 4.37. The summed E-state index contributed by atoms with van der Waals surface area (Å²) in [5.41, 5.74) is 8.71.